The van der Waals surface area contributed by atoms with Gasteiger partial charge in [0.1, 0.15) is 27.5 Å². The van der Waals surface area contributed by atoms with Gasteiger partial charge in [-0.05, 0) is 32.8 Å². The summed E-state index contributed by atoms with van der Waals surface area (Å²) in [6.45, 7) is 6.48. The second-order valence-corrected chi connectivity index (χ2v) is 10.3. The van der Waals surface area contributed by atoms with Crippen LogP contribution in [0.15, 0.2) is 30.3 Å². The second-order valence-electron chi connectivity index (χ2n) is 7.81. The third-order valence-electron chi connectivity index (χ3n) is 4.06. The molecule has 2 amide bonds. The Hall–Kier alpha value is -2.62. The van der Waals surface area contributed by atoms with Crippen molar-refractivity contribution < 1.29 is 32.6 Å². The number of benzene rings is 1. The van der Waals surface area contributed by atoms with Crippen molar-refractivity contribution in [3.63, 3.8) is 0 Å². The average molecular weight is 443 g/mol. The maximum Gasteiger partial charge on any atom is 0.408 e. The van der Waals surface area contributed by atoms with Crippen LogP contribution in [0.3, 0.4) is 0 Å². The van der Waals surface area contributed by atoms with E-state index in [1.165, 1.54) is 6.92 Å². The van der Waals surface area contributed by atoms with Gasteiger partial charge in [-0.1, -0.05) is 37.3 Å². The summed E-state index contributed by atoms with van der Waals surface area (Å²) in [5.41, 5.74) is -0.0372. The number of nitrogens with one attached hydrogen (secondary N) is 2. The molecule has 0 radical (unpaired) electrons. The number of carboxylic acid groups (broad SMARTS) is 1. The van der Waals surface area contributed by atoms with E-state index in [0.717, 1.165) is 5.56 Å². The van der Waals surface area contributed by atoms with Gasteiger partial charge < -0.3 is 20.5 Å². The molecule has 0 aliphatic rings. The van der Waals surface area contributed by atoms with E-state index in [-0.39, 0.29) is 24.3 Å². The number of carbonyl (C=O) groups is 3. The molecule has 0 spiro atoms. The highest BCUT2D eigenvalue weighted by Crippen LogP contribution is 2.09. The Morgan fingerprint density at radius 3 is 2.17 bits per heavy atom. The predicted octanol–water partition coefficient (Wildman–Crippen LogP) is 1.52. The summed E-state index contributed by atoms with van der Waals surface area (Å²) < 4.78 is 28.6. The van der Waals surface area contributed by atoms with Crippen LogP contribution in [-0.4, -0.2) is 60.7 Å². The van der Waals surface area contributed by atoms with Crippen molar-refractivity contribution in [2.24, 2.45) is 0 Å². The number of carbonyl (C=O) groups excluding carboxylic acids is 2. The van der Waals surface area contributed by atoms with E-state index in [1.807, 2.05) is 0 Å². The van der Waals surface area contributed by atoms with Gasteiger partial charge in [0.25, 0.3) is 0 Å². The number of carboxylic acids is 1. The van der Waals surface area contributed by atoms with E-state index in [4.69, 9.17) is 4.74 Å². The van der Waals surface area contributed by atoms with Crippen LogP contribution in [0, 0.1) is 0 Å². The molecule has 0 saturated heterocycles. The highest BCUT2D eigenvalue weighted by molar-refractivity contribution is 7.91. The smallest absolute Gasteiger partial charge is 0.408 e. The molecule has 168 valence electrons. The van der Waals surface area contributed by atoms with Gasteiger partial charge in [-0.25, -0.2) is 18.0 Å². The molecule has 3 N–H and O–H groups in total. The molecule has 2 unspecified atom stereocenters. The van der Waals surface area contributed by atoms with Crippen LogP contribution in [0.2, 0.25) is 0 Å². The summed E-state index contributed by atoms with van der Waals surface area (Å²) in [7, 11) is -3.40. The van der Waals surface area contributed by atoms with Crippen LogP contribution in [0.1, 0.15) is 39.7 Å². The zero-order chi connectivity index (χ0) is 22.9. The molecule has 1 aromatic carbocycles. The molecule has 0 bridgehead atoms. The van der Waals surface area contributed by atoms with Gasteiger partial charge >= 0.3 is 12.1 Å². The lowest BCUT2D eigenvalue weighted by Gasteiger charge is -2.24. The highest BCUT2D eigenvalue weighted by atomic mass is 32.2. The van der Waals surface area contributed by atoms with Crippen molar-refractivity contribution >= 4 is 27.8 Å². The molecule has 0 aliphatic heterocycles. The number of hydrogen-bond donors (Lipinski definition) is 3. The average Bonchev–Trinajstić information content (AvgIpc) is 2.63. The van der Waals surface area contributed by atoms with Gasteiger partial charge in [-0.2, -0.15) is 0 Å². The maximum atomic E-state index is 12.8. The van der Waals surface area contributed by atoms with Crippen molar-refractivity contribution in [2.45, 2.75) is 58.2 Å². The first-order chi connectivity index (χ1) is 13.8. The molecule has 10 heteroatoms. The van der Waals surface area contributed by atoms with Gasteiger partial charge in [0.05, 0.1) is 5.75 Å². The number of hydrogen-bond acceptors (Lipinski definition) is 6. The number of ether oxygens (including phenoxy) is 1. The summed E-state index contributed by atoms with van der Waals surface area (Å²) in [5.74, 6) is -2.59. The summed E-state index contributed by atoms with van der Waals surface area (Å²) in [4.78, 5) is 36.4. The zero-order valence-electron chi connectivity index (χ0n) is 17.7. The predicted molar refractivity (Wildman–Crippen MR) is 112 cm³/mol. The van der Waals surface area contributed by atoms with Crippen molar-refractivity contribution in [1.29, 1.82) is 0 Å². The first-order valence-corrected chi connectivity index (χ1v) is 11.4. The first kappa shape index (κ1) is 25.4. The molecular formula is C20H30N2O7S. The number of sulfone groups is 1. The minimum absolute atomic E-state index is 0.103. The molecule has 0 aromatic heterocycles. The summed E-state index contributed by atoms with van der Waals surface area (Å²) in [6, 6.07) is 6.36. The third-order valence-corrected chi connectivity index (χ3v) is 5.80. The van der Waals surface area contributed by atoms with E-state index in [0.29, 0.717) is 0 Å². The van der Waals surface area contributed by atoms with E-state index < -0.39 is 45.5 Å². The fourth-order valence-electron chi connectivity index (χ4n) is 2.48. The first-order valence-electron chi connectivity index (χ1n) is 9.60. The summed E-state index contributed by atoms with van der Waals surface area (Å²) in [6.07, 6.45) is -0.994. The standard InChI is InChI=1S/C20H30N2O7S/c1-5-30(27,28)12-11-15(18(24)25)21-17(23)16(13-14-9-7-6-8-10-14)22-19(26)29-20(2,3)4/h6-10,15-16H,5,11-13H2,1-4H3,(H,21,23)(H,22,26)(H,24,25). The minimum Gasteiger partial charge on any atom is -0.480 e. The minimum atomic E-state index is -3.40. The Morgan fingerprint density at radius 2 is 1.67 bits per heavy atom. The topological polar surface area (TPSA) is 139 Å². The SMILES string of the molecule is CCS(=O)(=O)CCC(NC(=O)C(Cc1ccccc1)NC(=O)OC(C)(C)C)C(=O)O. The zero-order valence-corrected chi connectivity index (χ0v) is 18.5. The molecule has 0 fully saturated rings. The normalized spacial score (nSPS) is 13.7. The Balaban J connectivity index is 2.95. The van der Waals surface area contributed by atoms with Gasteiger partial charge in [0.15, 0.2) is 0 Å². The lowest BCUT2D eigenvalue weighted by molar-refractivity contribution is -0.142. The number of alkyl carbamates (subject to hydrolysis) is 1. The van der Waals surface area contributed by atoms with Crippen molar-refractivity contribution in [3.05, 3.63) is 35.9 Å². The lowest BCUT2D eigenvalue weighted by atomic mass is 10.0. The monoisotopic (exact) mass is 442 g/mol. The second kappa shape index (κ2) is 11.0. The highest BCUT2D eigenvalue weighted by Gasteiger charge is 2.29. The van der Waals surface area contributed by atoms with Gasteiger partial charge in [0, 0.05) is 12.2 Å². The Labute approximate surface area is 177 Å². The van der Waals surface area contributed by atoms with Crippen LogP contribution in [0.25, 0.3) is 0 Å². The van der Waals surface area contributed by atoms with E-state index in [2.05, 4.69) is 10.6 Å². The molecule has 0 saturated carbocycles. The molecule has 0 heterocycles. The van der Waals surface area contributed by atoms with Gasteiger partial charge in [-0.15, -0.1) is 0 Å². The quantitative estimate of drug-likeness (QED) is 0.499. The van der Waals surface area contributed by atoms with Crippen LogP contribution in [0.5, 0.6) is 0 Å². The molecule has 0 aliphatic carbocycles. The van der Waals surface area contributed by atoms with E-state index in [9.17, 15) is 27.9 Å². The number of rotatable bonds is 10. The van der Waals surface area contributed by atoms with Crippen molar-refractivity contribution in [1.82, 2.24) is 10.6 Å². The summed E-state index contributed by atoms with van der Waals surface area (Å²) in [5, 5.41) is 14.2. The fraction of sp³-hybridized carbons (Fsp3) is 0.550. The van der Waals surface area contributed by atoms with E-state index in [1.54, 1.807) is 51.1 Å². The van der Waals surface area contributed by atoms with Gasteiger partial charge in [0.2, 0.25) is 5.91 Å². The molecule has 30 heavy (non-hydrogen) atoms. The fourth-order valence-corrected chi connectivity index (χ4v) is 3.36. The van der Waals surface area contributed by atoms with Crippen LogP contribution < -0.4 is 10.6 Å². The Kier molecular flexibility index (Phi) is 9.28. The Bertz CT molecular complexity index is 832. The van der Waals surface area contributed by atoms with Crippen LogP contribution >= 0.6 is 0 Å². The molecule has 1 aromatic rings. The molecular weight excluding hydrogens is 412 g/mol. The third kappa shape index (κ3) is 9.73. The Morgan fingerprint density at radius 1 is 1.07 bits per heavy atom. The lowest BCUT2D eigenvalue weighted by Crippen LogP contribution is -2.53. The van der Waals surface area contributed by atoms with Crippen molar-refractivity contribution in [2.75, 3.05) is 11.5 Å². The number of aliphatic carboxylic acids is 1. The van der Waals surface area contributed by atoms with E-state index >= 15 is 0 Å². The summed E-state index contributed by atoms with van der Waals surface area (Å²) >= 11 is 0. The van der Waals surface area contributed by atoms with Gasteiger partial charge in [-0.3, -0.25) is 4.79 Å². The maximum absolute atomic E-state index is 12.8. The van der Waals surface area contributed by atoms with Crippen LogP contribution in [-0.2, 0) is 30.6 Å². The van der Waals surface area contributed by atoms with Crippen LogP contribution in [0.4, 0.5) is 4.79 Å². The molecule has 1 rings (SSSR count). The molecule has 9 nitrogen and oxygen atoms in total. The molecule has 2 atom stereocenters. The number of amides is 2. The largest absolute Gasteiger partial charge is 0.480 e. The van der Waals surface area contributed by atoms with Crippen molar-refractivity contribution in [3.8, 4) is 0 Å².